The van der Waals surface area contributed by atoms with Gasteiger partial charge < -0.3 is 14.3 Å². The average molecular weight is 411 g/mol. The number of ether oxygens (including phenoxy) is 1. The van der Waals surface area contributed by atoms with Gasteiger partial charge in [-0.3, -0.25) is 0 Å². The Labute approximate surface area is 176 Å². The molecule has 0 heterocycles. The van der Waals surface area contributed by atoms with Crippen LogP contribution in [-0.4, -0.2) is 38.8 Å². The normalized spacial score (nSPS) is 19.0. The van der Waals surface area contributed by atoms with Crippen LogP contribution in [0.25, 0.3) is 0 Å². The SMILES string of the molecule is C=C[C@@H](CC)[C@H](O)C[C@@H](O[Si](C)(C)C(C)(C)C)[C@H](C)[C@H](OC)[C@@H](C)CC#CC. The monoisotopic (exact) mass is 410 g/mol. The summed E-state index contributed by atoms with van der Waals surface area (Å²) in [5.74, 6) is 6.71. The van der Waals surface area contributed by atoms with Crippen LogP contribution in [0.3, 0.4) is 0 Å². The molecule has 0 aliphatic rings. The van der Waals surface area contributed by atoms with Gasteiger partial charge in [0.05, 0.1) is 18.3 Å². The van der Waals surface area contributed by atoms with Crippen LogP contribution in [0, 0.1) is 29.6 Å². The molecule has 0 aromatic rings. The molecule has 0 aromatic carbocycles. The summed E-state index contributed by atoms with van der Waals surface area (Å²) in [6, 6.07) is 0. The average Bonchev–Trinajstić information content (AvgIpc) is 2.59. The molecule has 0 radical (unpaired) electrons. The summed E-state index contributed by atoms with van der Waals surface area (Å²) in [7, 11) is -0.219. The highest BCUT2D eigenvalue weighted by Gasteiger charge is 2.42. The Balaban J connectivity index is 5.71. The van der Waals surface area contributed by atoms with Crippen LogP contribution < -0.4 is 0 Å². The highest BCUT2D eigenvalue weighted by molar-refractivity contribution is 6.74. The molecule has 0 fully saturated rings. The Morgan fingerprint density at radius 2 is 1.79 bits per heavy atom. The number of aliphatic hydroxyl groups excluding tert-OH is 1. The molecule has 164 valence electrons. The van der Waals surface area contributed by atoms with E-state index in [2.05, 4.69) is 73.1 Å². The lowest BCUT2D eigenvalue weighted by Crippen LogP contribution is -2.49. The van der Waals surface area contributed by atoms with Crippen molar-refractivity contribution in [2.75, 3.05) is 7.11 Å². The molecule has 0 bridgehead atoms. The molecule has 0 saturated carbocycles. The second kappa shape index (κ2) is 12.2. The second-order valence-corrected chi connectivity index (χ2v) is 14.5. The van der Waals surface area contributed by atoms with Gasteiger partial charge in [-0.2, -0.15) is 0 Å². The van der Waals surface area contributed by atoms with E-state index in [1.54, 1.807) is 7.11 Å². The molecule has 6 atom stereocenters. The van der Waals surface area contributed by atoms with Crippen molar-refractivity contribution in [3.8, 4) is 11.8 Å². The Morgan fingerprint density at radius 1 is 1.21 bits per heavy atom. The first kappa shape index (κ1) is 27.4. The van der Waals surface area contributed by atoms with Crippen molar-refractivity contribution in [3.63, 3.8) is 0 Å². The highest BCUT2D eigenvalue weighted by atomic mass is 28.4. The molecule has 0 aliphatic carbocycles. The van der Waals surface area contributed by atoms with Crippen LogP contribution in [0.15, 0.2) is 12.7 Å². The van der Waals surface area contributed by atoms with Gasteiger partial charge in [0.25, 0.3) is 0 Å². The van der Waals surface area contributed by atoms with Gasteiger partial charge in [-0.25, -0.2) is 0 Å². The Morgan fingerprint density at radius 3 is 2.18 bits per heavy atom. The quantitative estimate of drug-likeness (QED) is 0.242. The van der Waals surface area contributed by atoms with Gasteiger partial charge in [0, 0.05) is 25.4 Å². The number of hydrogen-bond donors (Lipinski definition) is 1. The van der Waals surface area contributed by atoms with E-state index in [0.29, 0.717) is 12.3 Å². The van der Waals surface area contributed by atoms with Crippen molar-refractivity contribution < 1.29 is 14.3 Å². The molecule has 1 N–H and O–H groups in total. The van der Waals surface area contributed by atoms with E-state index >= 15 is 0 Å². The molecule has 28 heavy (non-hydrogen) atoms. The van der Waals surface area contributed by atoms with Gasteiger partial charge >= 0.3 is 0 Å². The van der Waals surface area contributed by atoms with Crippen molar-refractivity contribution in [2.45, 2.75) is 104 Å². The third-order valence-corrected chi connectivity index (χ3v) is 11.0. The lowest BCUT2D eigenvalue weighted by atomic mass is 9.83. The van der Waals surface area contributed by atoms with Crippen molar-refractivity contribution in [3.05, 3.63) is 12.7 Å². The molecule has 3 nitrogen and oxygen atoms in total. The number of methoxy groups -OCH3 is 1. The fraction of sp³-hybridized carbons (Fsp3) is 0.833. The maximum atomic E-state index is 10.9. The van der Waals surface area contributed by atoms with Crippen LogP contribution in [0.5, 0.6) is 0 Å². The summed E-state index contributed by atoms with van der Waals surface area (Å²) in [6.45, 7) is 23.6. The summed E-state index contributed by atoms with van der Waals surface area (Å²) >= 11 is 0. The molecule has 0 spiro atoms. The van der Waals surface area contributed by atoms with Crippen molar-refractivity contribution >= 4 is 8.32 Å². The minimum Gasteiger partial charge on any atom is -0.413 e. The van der Waals surface area contributed by atoms with Gasteiger partial charge in [0.15, 0.2) is 8.32 Å². The topological polar surface area (TPSA) is 38.7 Å². The standard InChI is InChI=1S/C24H46O3Si/c1-12-15-16-18(4)23(26-9)19(5)22(17-21(25)20(13-2)14-3)27-28(10,11)24(6,7)8/h13,18-23,25H,2,14,16-17H2,1,3-11H3/t18-,19-,20-,21+,22+,23+/m0/s1. The Hall–Kier alpha value is -0.603. The first-order valence-corrected chi connectivity index (χ1v) is 13.7. The summed E-state index contributed by atoms with van der Waals surface area (Å²) in [5, 5.41) is 11.0. The van der Waals surface area contributed by atoms with E-state index in [1.165, 1.54) is 0 Å². The van der Waals surface area contributed by atoms with E-state index in [0.717, 1.165) is 12.8 Å². The molecule has 0 rings (SSSR count). The predicted octanol–water partition coefficient (Wildman–Crippen LogP) is 6.04. The minimum atomic E-state index is -1.99. The molecule has 0 saturated heterocycles. The molecule has 0 aliphatic heterocycles. The van der Waals surface area contributed by atoms with Crippen LogP contribution in [0.2, 0.25) is 18.1 Å². The van der Waals surface area contributed by atoms with E-state index in [4.69, 9.17) is 9.16 Å². The van der Waals surface area contributed by atoms with Gasteiger partial charge in [0.1, 0.15) is 0 Å². The third kappa shape index (κ3) is 8.03. The smallest absolute Gasteiger partial charge is 0.192 e. The Bertz CT molecular complexity index is 512. The van der Waals surface area contributed by atoms with Gasteiger partial charge in [-0.15, -0.1) is 18.4 Å². The molecule has 0 unspecified atom stereocenters. The van der Waals surface area contributed by atoms with E-state index in [9.17, 15) is 5.11 Å². The largest absolute Gasteiger partial charge is 0.413 e. The Kier molecular flexibility index (Phi) is 11.9. The zero-order valence-corrected chi connectivity index (χ0v) is 21.1. The first-order chi connectivity index (χ1) is 12.9. The van der Waals surface area contributed by atoms with Crippen LogP contribution >= 0.6 is 0 Å². The highest BCUT2D eigenvalue weighted by Crippen LogP contribution is 2.40. The maximum absolute atomic E-state index is 10.9. The number of hydrogen-bond acceptors (Lipinski definition) is 3. The number of aliphatic hydroxyl groups is 1. The zero-order valence-electron chi connectivity index (χ0n) is 20.1. The third-order valence-electron chi connectivity index (χ3n) is 6.53. The van der Waals surface area contributed by atoms with Crippen molar-refractivity contribution in [1.82, 2.24) is 0 Å². The van der Waals surface area contributed by atoms with E-state index in [-0.39, 0.29) is 29.1 Å². The van der Waals surface area contributed by atoms with Crippen LogP contribution in [-0.2, 0) is 9.16 Å². The van der Waals surface area contributed by atoms with Gasteiger partial charge in [-0.1, -0.05) is 47.6 Å². The molecule has 0 amide bonds. The second-order valence-electron chi connectivity index (χ2n) is 9.70. The van der Waals surface area contributed by atoms with Gasteiger partial charge in [-0.05, 0) is 43.8 Å². The van der Waals surface area contributed by atoms with Crippen molar-refractivity contribution in [1.29, 1.82) is 0 Å². The lowest BCUT2D eigenvalue weighted by molar-refractivity contribution is -0.0457. The predicted molar refractivity (Wildman–Crippen MR) is 124 cm³/mol. The van der Waals surface area contributed by atoms with E-state index in [1.807, 2.05) is 13.0 Å². The van der Waals surface area contributed by atoms with Crippen LogP contribution in [0.1, 0.15) is 67.7 Å². The molecular weight excluding hydrogens is 364 g/mol. The summed E-state index contributed by atoms with van der Waals surface area (Å²) < 4.78 is 12.8. The maximum Gasteiger partial charge on any atom is 0.192 e. The summed E-state index contributed by atoms with van der Waals surface area (Å²) in [5.41, 5.74) is 0. The molecule has 4 heteroatoms. The molecular formula is C24H46O3Si. The first-order valence-electron chi connectivity index (χ1n) is 10.8. The van der Waals surface area contributed by atoms with Crippen molar-refractivity contribution in [2.24, 2.45) is 17.8 Å². The van der Waals surface area contributed by atoms with Gasteiger partial charge in [0.2, 0.25) is 0 Å². The fourth-order valence-electron chi connectivity index (χ4n) is 3.49. The van der Waals surface area contributed by atoms with E-state index < -0.39 is 14.4 Å². The zero-order chi connectivity index (χ0) is 22.1. The van der Waals surface area contributed by atoms with Crippen LogP contribution in [0.4, 0.5) is 0 Å². The minimum absolute atomic E-state index is 0.0339. The summed E-state index contributed by atoms with van der Waals surface area (Å²) in [6.07, 6.45) is 3.67. The number of rotatable bonds is 12. The molecule has 0 aromatic heterocycles. The lowest BCUT2D eigenvalue weighted by Gasteiger charge is -2.43. The summed E-state index contributed by atoms with van der Waals surface area (Å²) in [4.78, 5) is 0. The fourth-order valence-corrected chi connectivity index (χ4v) is 4.91.